The molecule has 1 aliphatic carbocycles. The maximum Gasteiger partial charge on any atom is 0.407 e. The van der Waals surface area contributed by atoms with Gasteiger partial charge in [-0.2, -0.15) is 0 Å². The van der Waals surface area contributed by atoms with Crippen LogP contribution in [0.4, 0.5) is 4.79 Å². The van der Waals surface area contributed by atoms with Crippen molar-refractivity contribution >= 4 is 18.0 Å². The normalized spacial score (nSPS) is 15.0. The molecule has 3 N–H and O–H groups in total. The molecule has 2 atom stereocenters. The van der Waals surface area contributed by atoms with Gasteiger partial charge in [-0.25, -0.2) is 9.59 Å². The molecule has 0 bridgehead atoms. The van der Waals surface area contributed by atoms with Crippen LogP contribution in [0.1, 0.15) is 63.5 Å². The number of carbonyl (C=O) groups is 3. The van der Waals surface area contributed by atoms with E-state index in [2.05, 4.69) is 22.8 Å². The molecule has 176 valence electrons. The molecule has 0 aromatic heterocycles. The number of carbonyl (C=O) groups excluding carboxylic acids is 2. The van der Waals surface area contributed by atoms with Gasteiger partial charge in [0.1, 0.15) is 18.2 Å². The van der Waals surface area contributed by atoms with E-state index in [9.17, 15) is 19.5 Å². The molecule has 2 aromatic carbocycles. The Bertz CT molecular complexity index is 976. The first-order chi connectivity index (χ1) is 15.8. The van der Waals surface area contributed by atoms with Crippen molar-refractivity contribution in [2.24, 2.45) is 0 Å². The van der Waals surface area contributed by atoms with Crippen LogP contribution in [0.25, 0.3) is 11.1 Å². The average Bonchev–Trinajstić information content (AvgIpc) is 3.11. The first-order valence-corrected chi connectivity index (χ1v) is 11.5. The van der Waals surface area contributed by atoms with Crippen LogP contribution >= 0.6 is 0 Å². The highest BCUT2D eigenvalue weighted by molar-refractivity contribution is 5.91. The molecule has 7 heteroatoms. The molecule has 3 rings (SSSR count). The Morgan fingerprint density at radius 3 is 2.09 bits per heavy atom. The van der Waals surface area contributed by atoms with E-state index < -0.39 is 29.6 Å². The minimum atomic E-state index is -1.39. The highest BCUT2D eigenvalue weighted by Gasteiger charge is 2.36. The fourth-order valence-electron chi connectivity index (χ4n) is 4.42. The van der Waals surface area contributed by atoms with Crippen LogP contribution in [0.3, 0.4) is 0 Å². The average molecular weight is 453 g/mol. The summed E-state index contributed by atoms with van der Waals surface area (Å²) in [7, 11) is 0. The van der Waals surface area contributed by atoms with Gasteiger partial charge < -0.3 is 20.5 Å². The van der Waals surface area contributed by atoms with Gasteiger partial charge in [-0.1, -0.05) is 75.2 Å². The van der Waals surface area contributed by atoms with Crippen LogP contribution in [-0.2, 0) is 14.3 Å². The van der Waals surface area contributed by atoms with Crippen molar-refractivity contribution in [1.82, 2.24) is 10.6 Å². The number of carboxylic acid groups (broad SMARTS) is 1. The molecule has 0 spiro atoms. The van der Waals surface area contributed by atoms with Crippen molar-refractivity contribution in [1.29, 1.82) is 0 Å². The smallest absolute Gasteiger partial charge is 0.407 e. The summed E-state index contributed by atoms with van der Waals surface area (Å²) in [4.78, 5) is 37.1. The van der Waals surface area contributed by atoms with E-state index in [1.165, 1.54) is 6.92 Å². The molecule has 2 amide bonds. The summed E-state index contributed by atoms with van der Waals surface area (Å²) in [5, 5.41) is 14.8. The molecule has 0 saturated carbocycles. The highest BCUT2D eigenvalue weighted by atomic mass is 16.5. The van der Waals surface area contributed by atoms with Crippen LogP contribution in [0.15, 0.2) is 48.5 Å². The second-order valence-electron chi connectivity index (χ2n) is 8.69. The molecule has 7 nitrogen and oxygen atoms in total. The predicted molar refractivity (Wildman–Crippen MR) is 126 cm³/mol. The number of aliphatic carboxylic acids is 1. The van der Waals surface area contributed by atoms with E-state index in [-0.39, 0.29) is 18.9 Å². The highest BCUT2D eigenvalue weighted by Crippen LogP contribution is 2.44. The van der Waals surface area contributed by atoms with Gasteiger partial charge in [0.25, 0.3) is 0 Å². The summed E-state index contributed by atoms with van der Waals surface area (Å²) >= 11 is 0. The lowest BCUT2D eigenvalue weighted by Crippen LogP contribution is -2.57. The largest absolute Gasteiger partial charge is 0.480 e. The second-order valence-corrected chi connectivity index (χ2v) is 8.69. The number of carboxylic acids is 1. The fourth-order valence-corrected chi connectivity index (χ4v) is 4.42. The summed E-state index contributed by atoms with van der Waals surface area (Å²) < 4.78 is 5.55. The summed E-state index contributed by atoms with van der Waals surface area (Å²) in [5.74, 6) is -1.71. The summed E-state index contributed by atoms with van der Waals surface area (Å²) in [6.07, 6.45) is 1.20. The molecule has 1 aliphatic rings. The molecular formula is C26H32N2O5. The quantitative estimate of drug-likeness (QED) is 0.494. The maximum absolute atomic E-state index is 12.8. The van der Waals surface area contributed by atoms with Crippen LogP contribution < -0.4 is 10.6 Å². The molecule has 0 aliphatic heterocycles. The number of benzene rings is 2. The monoisotopic (exact) mass is 452 g/mol. The number of nitrogens with one attached hydrogen (secondary N) is 2. The molecule has 1 unspecified atom stereocenters. The SMILES string of the molecule is CCC[C@H](NC(=O)OCC1c2ccccc2-c2ccccc21)C(=O)NC(C)(CCC)C(=O)O. The van der Waals surface area contributed by atoms with Crippen molar-refractivity contribution < 1.29 is 24.2 Å². The Balaban J connectivity index is 1.66. The topological polar surface area (TPSA) is 105 Å². The standard InChI is InChI=1S/C26H32N2O5/c1-4-10-22(23(29)28-26(3,15-5-2)24(30)31)27-25(32)33-16-21-19-13-8-6-11-17(19)18-12-7-9-14-20(18)21/h6-9,11-14,21-22H,4-5,10,15-16H2,1-3H3,(H,27,32)(H,28,29)(H,30,31)/t22-,26?/m0/s1. The van der Waals surface area contributed by atoms with Gasteiger partial charge in [0.2, 0.25) is 5.91 Å². The number of ether oxygens (including phenoxy) is 1. The van der Waals surface area contributed by atoms with Crippen molar-refractivity contribution in [3.8, 4) is 11.1 Å². The van der Waals surface area contributed by atoms with Crippen LogP contribution in [0, 0.1) is 0 Å². The number of rotatable bonds is 10. The fraction of sp³-hybridized carbons (Fsp3) is 0.423. The van der Waals surface area contributed by atoms with Crippen molar-refractivity contribution in [2.45, 2.75) is 64.0 Å². The Kier molecular flexibility index (Phi) is 7.74. The molecule has 0 fully saturated rings. The molecule has 0 saturated heterocycles. The molecule has 0 heterocycles. The van der Waals surface area contributed by atoms with E-state index in [0.717, 1.165) is 22.3 Å². The van der Waals surface area contributed by atoms with Crippen molar-refractivity contribution in [3.63, 3.8) is 0 Å². The zero-order chi connectivity index (χ0) is 24.0. The van der Waals surface area contributed by atoms with E-state index in [4.69, 9.17) is 4.74 Å². The third-order valence-electron chi connectivity index (χ3n) is 6.15. The second kappa shape index (κ2) is 10.5. The van der Waals surface area contributed by atoms with Crippen LogP contribution in [0.5, 0.6) is 0 Å². The Labute approximate surface area is 194 Å². The number of amides is 2. The van der Waals surface area contributed by atoms with Gasteiger partial charge in [0.05, 0.1) is 0 Å². The predicted octanol–water partition coefficient (Wildman–Crippen LogP) is 4.45. The zero-order valence-electron chi connectivity index (χ0n) is 19.4. The number of alkyl carbamates (subject to hydrolysis) is 1. The van der Waals surface area contributed by atoms with Gasteiger partial charge in [0.15, 0.2) is 0 Å². The van der Waals surface area contributed by atoms with Gasteiger partial charge in [-0.15, -0.1) is 0 Å². The van der Waals surface area contributed by atoms with E-state index in [1.807, 2.05) is 50.2 Å². The minimum absolute atomic E-state index is 0.0820. The number of hydrogen-bond donors (Lipinski definition) is 3. The lowest BCUT2D eigenvalue weighted by Gasteiger charge is -2.28. The van der Waals surface area contributed by atoms with E-state index >= 15 is 0 Å². The minimum Gasteiger partial charge on any atom is -0.480 e. The first kappa shape index (κ1) is 24.3. The Morgan fingerprint density at radius 1 is 1.00 bits per heavy atom. The summed E-state index contributed by atoms with van der Waals surface area (Å²) in [6, 6.07) is 15.2. The third-order valence-corrected chi connectivity index (χ3v) is 6.15. The van der Waals surface area contributed by atoms with E-state index in [1.54, 1.807) is 0 Å². The number of fused-ring (bicyclic) bond motifs is 3. The lowest BCUT2D eigenvalue weighted by atomic mass is 9.95. The lowest BCUT2D eigenvalue weighted by molar-refractivity contribution is -0.147. The summed E-state index contributed by atoms with van der Waals surface area (Å²) in [5.41, 5.74) is 3.08. The molecular weight excluding hydrogens is 420 g/mol. The van der Waals surface area contributed by atoms with Gasteiger partial charge >= 0.3 is 12.1 Å². The number of hydrogen-bond acceptors (Lipinski definition) is 4. The van der Waals surface area contributed by atoms with Gasteiger partial charge in [-0.05, 0) is 42.0 Å². The van der Waals surface area contributed by atoms with Crippen LogP contribution in [0.2, 0.25) is 0 Å². The molecule has 2 aromatic rings. The zero-order valence-corrected chi connectivity index (χ0v) is 19.4. The van der Waals surface area contributed by atoms with E-state index in [0.29, 0.717) is 19.3 Å². The summed E-state index contributed by atoms with van der Waals surface area (Å²) in [6.45, 7) is 5.37. The Morgan fingerprint density at radius 2 is 1.58 bits per heavy atom. The van der Waals surface area contributed by atoms with Crippen molar-refractivity contribution in [2.75, 3.05) is 6.61 Å². The van der Waals surface area contributed by atoms with Gasteiger partial charge in [0, 0.05) is 5.92 Å². The van der Waals surface area contributed by atoms with Crippen LogP contribution in [-0.4, -0.2) is 41.3 Å². The maximum atomic E-state index is 12.8. The van der Waals surface area contributed by atoms with Crippen molar-refractivity contribution in [3.05, 3.63) is 59.7 Å². The van der Waals surface area contributed by atoms with Gasteiger partial charge in [-0.3, -0.25) is 4.79 Å². The molecule has 0 radical (unpaired) electrons. The third kappa shape index (κ3) is 5.35. The molecule has 33 heavy (non-hydrogen) atoms. The first-order valence-electron chi connectivity index (χ1n) is 11.5. The Hall–Kier alpha value is -3.35.